The van der Waals surface area contributed by atoms with Gasteiger partial charge in [0.1, 0.15) is 5.82 Å². The zero-order valence-electron chi connectivity index (χ0n) is 12.6. The Labute approximate surface area is 118 Å². The van der Waals surface area contributed by atoms with Gasteiger partial charge in [0.05, 0.1) is 24.1 Å². The predicted molar refractivity (Wildman–Crippen MR) is 78.7 cm³/mol. The van der Waals surface area contributed by atoms with Crippen LogP contribution in [0.25, 0.3) is 10.9 Å². The van der Waals surface area contributed by atoms with E-state index in [1.54, 1.807) is 23.8 Å². The largest absolute Gasteiger partial charge is 0.493 e. The van der Waals surface area contributed by atoms with E-state index < -0.39 is 0 Å². The number of nitrogens with zero attached hydrogens (tertiary/aromatic N) is 2. The third-order valence-electron chi connectivity index (χ3n) is 3.11. The first-order valence-electron chi connectivity index (χ1n) is 6.73. The van der Waals surface area contributed by atoms with E-state index in [-0.39, 0.29) is 11.7 Å². The van der Waals surface area contributed by atoms with Crippen LogP contribution in [0.2, 0.25) is 0 Å². The van der Waals surface area contributed by atoms with Gasteiger partial charge in [-0.2, -0.15) is 0 Å². The lowest BCUT2D eigenvalue weighted by molar-refractivity contribution is 0.230. The minimum Gasteiger partial charge on any atom is -0.493 e. The van der Waals surface area contributed by atoms with Crippen molar-refractivity contribution in [2.75, 3.05) is 7.11 Å². The maximum atomic E-state index is 12.4. The lowest BCUT2D eigenvalue weighted by Crippen LogP contribution is -2.23. The molecule has 0 amide bonds. The van der Waals surface area contributed by atoms with E-state index in [4.69, 9.17) is 9.47 Å². The van der Waals surface area contributed by atoms with Gasteiger partial charge in [-0.15, -0.1) is 0 Å². The van der Waals surface area contributed by atoms with Crippen LogP contribution in [0, 0.1) is 6.92 Å². The Balaban J connectivity index is 2.74. The molecule has 0 fully saturated rings. The molecule has 5 heteroatoms. The van der Waals surface area contributed by atoms with Crippen LogP contribution in [0.1, 0.15) is 26.6 Å². The van der Waals surface area contributed by atoms with Gasteiger partial charge in [-0.3, -0.25) is 9.36 Å². The van der Waals surface area contributed by atoms with Gasteiger partial charge in [0.15, 0.2) is 11.5 Å². The van der Waals surface area contributed by atoms with Crippen molar-refractivity contribution in [1.29, 1.82) is 0 Å². The van der Waals surface area contributed by atoms with E-state index in [1.165, 1.54) is 0 Å². The summed E-state index contributed by atoms with van der Waals surface area (Å²) in [6.07, 6.45) is 0.0264. The lowest BCUT2D eigenvalue weighted by Gasteiger charge is -2.15. The highest BCUT2D eigenvalue weighted by Gasteiger charge is 2.13. The Bertz CT molecular complexity index is 690. The van der Waals surface area contributed by atoms with Gasteiger partial charge in [0.2, 0.25) is 0 Å². The summed E-state index contributed by atoms with van der Waals surface area (Å²) in [5, 5.41) is 0.547. The molecule has 0 bridgehead atoms. The highest BCUT2D eigenvalue weighted by atomic mass is 16.5. The van der Waals surface area contributed by atoms with Gasteiger partial charge in [0.25, 0.3) is 5.56 Å². The predicted octanol–water partition coefficient (Wildman–Crippen LogP) is 2.52. The summed E-state index contributed by atoms with van der Waals surface area (Å²) >= 11 is 0. The van der Waals surface area contributed by atoms with Gasteiger partial charge in [-0.1, -0.05) is 0 Å². The fourth-order valence-electron chi connectivity index (χ4n) is 2.22. The minimum atomic E-state index is -0.0515. The van der Waals surface area contributed by atoms with Crippen LogP contribution < -0.4 is 15.0 Å². The molecule has 0 spiro atoms. The number of methoxy groups -OCH3 is 1. The standard InChI is InChI=1S/C15H20N2O3/c1-6-17-10(4)16-12-8-14(20-9(2)3)13(19-5)7-11(12)15(17)18/h7-9H,6H2,1-5H3. The SMILES string of the molecule is CCn1c(C)nc2cc(OC(C)C)c(OC)cc2c1=O. The van der Waals surface area contributed by atoms with Crippen molar-refractivity contribution in [3.05, 3.63) is 28.3 Å². The Morgan fingerprint density at radius 2 is 2.00 bits per heavy atom. The normalized spacial score (nSPS) is 11.1. The van der Waals surface area contributed by atoms with Gasteiger partial charge in [0, 0.05) is 12.6 Å². The maximum absolute atomic E-state index is 12.4. The molecule has 1 heterocycles. The zero-order chi connectivity index (χ0) is 14.9. The number of benzene rings is 1. The van der Waals surface area contributed by atoms with Crippen LogP contribution in [0.3, 0.4) is 0 Å². The first kappa shape index (κ1) is 14.4. The number of hydrogen-bond donors (Lipinski definition) is 0. The molecule has 108 valence electrons. The Morgan fingerprint density at radius 1 is 1.30 bits per heavy atom. The second-order valence-electron chi connectivity index (χ2n) is 4.90. The van der Waals surface area contributed by atoms with Gasteiger partial charge >= 0.3 is 0 Å². The molecule has 0 aliphatic carbocycles. The molecule has 20 heavy (non-hydrogen) atoms. The van der Waals surface area contributed by atoms with Crippen LogP contribution in [0.4, 0.5) is 0 Å². The molecule has 0 saturated heterocycles. The number of aromatic nitrogens is 2. The molecule has 2 rings (SSSR count). The Kier molecular flexibility index (Phi) is 3.97. The molecular weight excluding hydrogens is 256 g/mol. The number of rotatable bonds is 4. The zero-order valence-corrected chi connectivity index (χ0v) is 12.6. The van der Waals surface area contributed by atoms with Crippen LogP contribution >= 0.6 is 0 Å². The quantitative estimate of drug-likeness (QED) is 0.861. The number of aryl methyl sites for hydroxylation is 1. The first-order chi connectivity index (χ1) is 9.47. The molecule has 0 aliphatic rings. The summed E-state index contributed by atoms with van der Waals surface area (Å²) in [6, 6.07) is 3.47. The van der Waals surface area contributed by atoms with Crippen LogP contribution in [-0.2, 0) is 6.54 Å². The molecule has 0 radical (unpaired) electrons. The van der Waals surface area contributed by atoms with Gasteiger partial charge < -0.3 is 9.47 Å². The minimum absolute atomic E-state index is 0.0264. The van der Waals surface area contributed by atoms with Crippen molar-refractivity contribution < 1.29 is 9.47 Å². The van der Waals surface area contributed by atoms with Crippen molar-refractivity contribution in [2.45, 2.75) is 40.3 Å². The summed E-state index contributed by atoms with van der Waals surface area (Å²) in [6.45, 7) is 8.24. The van der Waals surface area contributed by atoms with Crippen LogP contribution in [0.5, 0.6) is 11.5 Å². The molecule has 1 aromatic carbocycles. The third kappa shape index (κ3) is 2.48. The molecule has 0 atom stereocenters. The van der Waals surface area contributed by atoms with Crippen molar-refractivity contribution in [1.82, 2.24) is 9.55 Å². The Hall–Kier alpha value is -2.04. The number of fused-ring (bicyclic) bond motifs is 1. The van der Waals surface area contributed by atoms with Crippen molar-refractivity contribution in [2.24, 2.45) is 0 Å². The average Bonchev–Trinajstić information content (AvgIpc) is 2.38. The molecule has 0 aliphatic heterocycles. The molecule has 5 nitrogen and oxygen atoms in total. The van der Waals surface area contributed by atoms with E-state index in [1.807, 2.05) is 27.7 Å². The third-order valence-corrected chi connectivity index (χ3v) is 3.11. The van der Waals surface area contributed by atoms with Crippen molar-refractivity contribution in [3.63, 3.8) is 0 Å². The number of hydrogen-bond acceptors (Lipinski definition) is 4. The summed E-state index contributed by atoms with van der Waals surface area (Å²) in [5.74, 6) is 1.86. The van der Waals surface area contributed by atoms with Gasteiger partial charge in [-0.05, 0) is 33.8 Å². The summed E-state index contributed by atoms with van der Waals surface area (Å²) < 4.78 is 12.7. The fourth-order valence-corrected chi connectivity index (χ4v) is 2.22. The topological polar surface area (TPSA) is 53.4 Å². The van der Waals surface area contributed by atoms with E-state index in [9.17, 15) is 4.79 Å². The van der Waals surface area contributed by atoms with Crippen molar-refractivity contribution >= 4 is 10.9 Å². The molecule has 2 aromatic rings. The van der Waals surface area contributed by atoms with E-state index >= 15 is 0 Å². The fraction of sp³-hybridized carbons (Fsp3) is 0.467. The first-order valence-corrected chi connectivity index (χ1v) is 6.73. The molecule has 1 aromatic heterocycles. The summed E-state index contributed by atoms with van der Waals surface area (Å²) in [7, 11) is 1.56. The summed E-state index contributed by atoms with van der Waals surface area (Å²) in [4.78, 5) is 16.9. The number of ether oxygens (including phenoxy) is 2. The van der Waals surface area contributed by atoms with Crippen LogP contribution in [-0.4, -0.2) is 22.8 Å². The second kappa shape index (κ2) is 5.53. The van der Waals surface area contributed by atoms with E-state index in [0.29, 0.717) is 34.8 Å². The van der Waals surface area contributed by atoms with E-state index in [0.717, 1.165) is 0 Å². The molecular formula is C15H20N2O3. The van der Waals surface area contributed by atoms with Crippen molar-refractivity contribution in [3.8, 4) is 11.5 Å². The highest BCUT2D eigenvalue weighted by molar-refractivity contribution is 5.82. The summed E-state index contributed by atoms with van der Waals surface area (Å²) in [5.41, 5.74) is 0.582. The van der Waals surface area contributed by atoms with Crippen LogP contribution in [0.15, 0.2) is 16.9 Å². The highest BCUT2D eigenvalue weighted by Crippen LogP contribution is 2.31. The lowest BCUT2D eigenvalue weighted by atomic mass is 10.2. The maximum Gasteiger partial charge on any atom is 0.261 e. The Morgan fingerprint density at radius 3 is 2.55 bits per heavy atom. The average molecular weight is 276 g/mol. The smallest absolute Gasteiger partial charge is 0.261 e. The van der Waals surface area contributed by atoms with Gasteiger partial charge in [-0.25, -0.2) is 4.98 Å². The van der Waals surface area contributed by atoms with E-state index in [2.05, 4.69) is 4.98 Å². The molecule has 0 unspecified atom stereocenters. The molecule has 0 saturated carbocycles. The monoisotopic (exact) mass is 276 g/mol. The second-order valence-corrected chi connectivity index (χ2v) is 4.90. The molecule has 0 N–H and O–H groups in total.